The van der Waals surface area contributed by atoms with Crippen LogP contribution in [0.3, 0.4) is 0 Å². The van der Waals surface area contributed by atoms with Crippen LogP contribution >= 0.6 is 0 Å². The first-order chi connectivity index (χ1) is 8.18. The molecule has 1 N–H and O–H groups in total. The normalized spacial score (nSPS) is 21.0. The molecule has 1 saturated heterocycles. The fourth-order valence-electron chi connectivity index (χ4n) is 2.38. The van der Waals surface area contributed by atoms with E-state index in [1.165, 1.54) is 0 Å². The number of hydrogen-bond acceptors (Lipinski definition) is 3. The molecule has 92 valence electrons. The number of aryl methyl sites for hydroxylation is 1. The van der Waals surface area contributed by atoms with Gasteiger partial charge >= 0.3 is 5.97 Å². The van der Waals surface area contributed by atoms with Crippen LogP contribution in [0.25, 0.3) is 0 Å². The maximum Gasteiger partial charge on any atom is 0.326 e. The highest BCUT2D eigenvalue weighted by molar-refractivity contribution is 5.78. The fraction of sp³-hybridized carbons (Fsp3) is 0.538. The minimum absolute atomic E-state index is 0.390. The molecule has 0 spiro atoms. The first kappa shape index (κ1) is 11.9. The Morgan fingerprint density at radius 2 is 2.29 bits per heavy atom. The first-order valence-electron chi connectivity index (χ1n) is 6.10. The lowest BCUT2D eigenvalue weighted by atomic mass is 10.1. The van der Waals surface area contributed by atoms with Crippen LogP contribution in [0, 0.1) is 6.92 Å². The van der Waals surface area contributed by atoms with E-state index in [9.17, 15) is 9.90 Å². The molecule has 0 bridgehead atoms. The van der Waals surface area contributed by atoms with Crippen LogP contribution in [-0.4, -0.2) is 28.6 Å². The number of carbonyl (C=O) groups is 1. The highest BCUT2D eigenvalue weighted by atomic mass is 16.4. The van der Waals surface area contributed by atoms with Crippen molar-refractivity contribution < 1.29 is 9.90 Å². The van der Waals surface area contributed by atoms with Crippen molar-refractivity contribution in [1.82, 2.24) is 4.98 Å². The molecule has 1 aromatic heterocycles. The number of anilines is 1. The summed E-state index contributed by atoms with van der Waals surface area (Å²) in [6, 6.07) is 3.47. The molecule has 1 unspecified atom stereocenters. The summed E-state index contributed by atoms with van der Waals surface area (Å²) in [5.41, 5.74) is 1.91. The topological polar surface area (TPSA) is 53.4 Å². The van der Waals surface area contributed by atoms with E-state index in [0.717, 1.165) is 43.6 Å². The SMILES string of the molecule is Cc1cc(N2CCCCCC2C(=O)O)ccn1. The Labute approximate surface area is 101 Å². The summed E-state index contributed by atoms with van der Waals surface area (Å²) in [7, 11) is 0. The van der Waals surface area contributed by atoms with Crippen molar-refractivity contribution in [3.05, 3.63) is 24.0 Å². The van der Waals surface area contributed by atoms with Gasteiger partial charge in [-0.3, -0.25) is 4.98 Å². The summed E-state index contributed by atoms with van der Waals surface area (Å²) in [5.74, 6) is -0.721. The first-order valence-corrected chi connectivity index (χ1v) is 6.10. The van der Waals surface area contributed by atoms with Crippen LogP contribution in [-0.2, 0) is 4.79 Å². The Kier molecular flexibility index (Phi) is 3.61. The van der Waals surface area contributed by atoms with Crippen molar-refractivity contribution in [1.29, 1.82) is 0 Å². The standard InChI is InChI=1S/C13H18N2O2/c1-10-9-11(6-7-14-10)15-8-4-2-3-5-12(15)13(16)17/h6-7,9,12H,2-5,8H2,1H3,(H,16,17). The van der Waals surface area contributed by atoms with E-state index < -0.39 is 5.97 Å². The minimum atomic E-state index is -0.721. The van der Waals surface area contributed by atoms with E-state index in [2.05, 4.69) is 4.98 Å². The Morgan fingerprint density at radius 3 is 3.00 bits per heavy atom. The molecule has 2 rings (SSSR count). The van der Waals surface area contributed by atoms with Gasteiger partial charge in [-0.1, -0.05) is 12.8 Å². The molecule has 0 aromatic carbocycles. The largest absolute Gasteiger partial charge is 0.480 e. The molecule has 4 nitrogen and oxygen atoms in total. The van der Waals surface area contributed by atoms with Gasteiger partial charge in [-0.15, -0.1) is 0 Å². The Balaban J connectivity index is 2.28. The van der Waals surface area contributed by atoms with Gasteiger partial charge in [-0.2, -0.15) is 0 Å². The molecule has 0 radical (unpaired) electrons. The van der Waals surface area contributed by atoms with Crippen molar-refractivity contribution in [3.8, 4) is 0 Å². The molecular formula is C13H18N2O2. The smallest absolute Gasteiger partial charge is 0.326 e. The van der Waals surface area contributed by atoms with Gasteiger partial charge in [0.2, 0.25) is 0 Å². The van der Waals surface area contributed by atoms with Crippen molar-refractivity contribution in [3.63, 3.8) is 0 Å². The summed E-state index contributed by atoms with van der Waals surface area (Å²) < 4.78 is 0. The zero-order valence-corrected chi connectivity index (χ0v) is 10.1. The van der Waals surface area contributed by atoms with Gasteiger partial charge in [-0.05, 0) is 31.9 Å². The Hall–Kier alpha value is -1.58. The number of rotatable bonds is 2. The lowest BCUT2D eigenvalue weighted by Gasteiger charge is -2.29. The van der Waals surface area contributed by atoms with Crippen molar-refractivity contribution in [2.24, 2.45) is 0 Å². The van der Waals surface area contributed by atoms with E-state index in [1.54, 1.807) is 6.20 Å². The van der Waals surface area contributed by atoms with Crippen LogP contribution in [0.4, 0.5) is 5.69 Å². The second-order valence-electron chi connectivity index (χ2n) is 4.55. The predicted molar refractivity (Wildman–Crippen MR) is 66.2 cm³/mol. The lowest BCUT2D eigenvalue weighted by Crippen LogP contribution is -2.40. The highest BCUT2D eigenvalue weighted by Gasteiger charge is 2.27. The fourth-order valence-corrected chi connectivity index (χ4v) is 2.38. The number of carboxylic acids is 1. The number of aromatic nitrogens is 1. The van der Waals surface area contributed by atoms with Gasteiger partial charge in [0.25, 0.3) is 0 Å². The number of carboxylic acid groups (broad SMARTS) is 1. The van der Waals surface area contributed by atoms with Crippen LogP contribution in [0.1, 0.15) is 31.4 Å². The molecule has 0 amide bonds. The Morgan fingerprint density at radius 1 is 1.47 bits per heavy atom. The molecule has 1 aliphatic rings. The molecular weight excluding hydrogens is 216 g/mol. The molecule has 2 heterocycles. The van der Waals surface area contributed by atoms with Crippen molar-refractivity contribution in [2.75, 3.05) is 11.4 Å². The molecule has 4 heteroatoms. The predicted octanol–water partition coefficient (Wildman–Crippen LogP) is 2.22. The van der Waals surface area contributed by atoms with Crippen LogP contribution in [0.15, 0.2) is 18.3 Å². The minimum Gasteiger partial charge on any atom is -0.480 e. The quantitative estimate of drug-likeness (QED) is 0.852. The van der Waals surface area contributed by atoms with Gasteiger partial charge in [0.1, 0.15) is 6.04 Å². The third-order valence-electron chi connectivity index (χ3n) is 3.25. The van der Waals surface area contributed by atoms with E-state index in [4.69, 9.17) is 0 Å². The van der Waals surface area contributed by atoms with Crippen LogP contribution < -0.4 is 4.90 Å². The number of pyridine rings is 1. The summed E-state index contributed by atoms with van der Waals surface area (Å²) in [4.78, 5) is 17.5. The average molecular weight is 234 g/mol. The molecule has 1 aromatic rings. The van der Waals surface area contributed by atoms with Gasteiger partial charge in [-0.25, -0.2) is 4.79 Å². The second-order valence-corrected chi connectivity index (χ2v) is 4.55. The molecule has 1 fully saturated rings. The highest BCUT2D eigenvalue weighted by Crippen LogP contribution is 2.24. The average Bonchev–Trinajstić information content (AvgIpc) is 2.54. The second kappa shape index (κ2) is 5.17. The summed E-state index contributed by atoms with van der Waals surface area (Å²) >= 11 is 0. The van der Waals surface area contributed by atoms with E-state index >= 15 is 0 Å². The summed E-state index contributed by atoms with van der Waals surface area (Å²) in [6.45, 7) is 2.75. The number of nitrogens with zero attached hydrogens (tertiary/aromatic N) is 2. The Bertz CT molecular complexity index is 406. The lowest BCUT2D eigenvalue weighted by molar-refractivity contribution is -0.138. The van der Waals surface area contributed by atoms with Gasteiger partial charge in [0.15, 0.2) is 0 Å². The van der Waals surface area contributed by atoms with Crippen LogP contribution in [0.2, 0.25) is 0 Å². The molecule has 0 aliphatic carbocycles. The van der Waals surface area contributed by atoms with E-state index in [1.807, 2.05) is 24.0 Å². The van der Waals surface area contributed by atoms with Gasteiger partial charge < -0.3 is 10.0 Å². The zero-order valence-electron chi connectivity index (χ0n) is 10.1. The van der Waals surface area contributed by atoms with E-state index in [-0.39, 0.29) is 6.04 Å². The molecule has 17 heavy (non-hydrogen) atoms. The monoisotopic (exact) mass is 234 g/mol. The van der Waals surface area contributed by atoms with Crippen molar-refractivity contribution in [2.45, 2.75) is 38.6 Å². The zero-order chi connectivity index (χ0) is 12.3. The summed E-state index contributed by atoms with van der Waals surface area (Å²) in [6.07, 6.45) is 5.65. The summed E-state index contributed by atoms with van der Waals surface area (Å²) in [5, 5.41) is 9.31. The number of aliphatic carboxylic acids is 1. The van der Waals surface area contributed by atoms with Gasteiger partial charge in [0.05, 0.1) is 0 Å². The maximum absolute atomic E-state index is 11.3. The molecule has 1 aliphatic heterocycles. The van der Waals surface area contributed by atoms with Crippen LogP contribution in [0.5, 0.6) is 0 Å². The van der Waals surface area contributed by atoms with E-state index in [0.29, 0.717) is 0 Å². The van der Waals surface area contributed by atoms with Gasteiger partial charge in [0, 0.05) is 24.1 Å². The number of hydrogen-bond donors (Lipinski definition) is 1. The molecule has 1 atom stereocenters. The molecule has 0 saturated carbocycles. The van der Waals surface area contributed by atoms with Crippen molar-refractivity contribution >= 4 is 11.7 Å². The third-order valence-corrected chi connectivity index (χ3v) is 3.25. The third kappa shape index (κ3) is 2.75. The maximum atomic E-state index is 11.3.